The molecule has 0 atom stereocenters. The van der Waals surface area contributed by atoms with E-state index in [0.29, 0.717) is 24.6 Å². The van der Waals surface area contributed by atoms with E-state index in [2.05, 4.69) is 19.9 Å². The third kappa shape index (κ3) is 3.80. The Kier molecular flexibility index (Phi) is 5.20. The Morgan fingerprint density at radius 1 is 1.17 bits per heavy atom. The second kappa shape index (κ2) is 8.10. The van der Waals surface area contributed by atoms with E-state index in [1.165, 1.54) is 6.20 Å². The average Bonchev–Trinajstić information content (AvgIpc) is 3.12. The summed E-state index contributed by atoms with van der Waals surface area (Å²) in [4.78, 5) is 35.0. The number of aromatic nitrogens is 3. The molecule has 1 N–H and O–H groups in total. The molecule has 1 aliphatic heterocycles. The fraction of sp³-hybridized carbons (Fsp3) is 0.286. The van der Waals surface area contributed by atoms with Crippen molar-refractivity contribution in [3.05, 3.63) is 54.4 Å². The Morgan fingerprint density at radius 2 is 1.97 bits per heavy atom. The standard InChI is InChI=1S/C21H20N6O2/c22-10-7-19(28)26-12-8-16(9-13-26)27-18-6-2-1-5-17(18)24-21(27)25-20(29)15-4-3-11-23-14-15/h1-6,11,14,16H,7-9,12-13H2,(H,24,25,29). The van der Waals surface area contributed by atoms with Gasteiger partial charge >= 0.3 is 0 Å². The number of nitrogens with zero attached hydrogens (tertiary/aromatic N) is 5. The lowest BCUT2D eigenvalue weighted by Crippen LogP contribution is -2.39. The fourth-order valence-corrected chi connectivity index (χ4v) is 3.73. The van der Waals surface area contributed by atoms with Crippen LogP contribution in [0, 0.1) is 11.3 Å². The summed E-state index contributed by atoms with van der Waals surface area (Å²) < 4.78 is 2.05. The Labute approximate surface area is 167 Å². The Bertz CT molecular complexity index is 1080. The van der Waals surface area contributed by atoms with Gasteiger partial charge in [-0.05, 0) is 37.1 Å². The van der Waals surface area contributed by atoms with Crippen molar-refractivity contribution < 1.29 is 9.59 Å². The van der Waals surface area contributed by atoms with Crippen LogP contribution >= 0.6 is 0 Å². The summed E-state index contributed by atoms with van der Waals surface area (Å²) in [7, 11) is 0. The zero-order valence-electron chi connectivity index (χ0n) is 15.8. The molecule has 8 nitrogen and oxygen atoms in total. The Morgan fingerprint density at radius 3 is 2.69 bits per heavy atom. The third-order valence-electron chi connectivity index (χ3n) is 5.16. The van der Waals surface area contributed by atoms with Crippen molar-refractivity contribution in [2.75, 3.05) is 18.4 Å². The molecule has 1 aliphatic rings. The number of carbonyl (C=O) groups excluding carboxylic acids is 2. The smallest absolute Gasteiger partial charge is 0.259 e. The first-order valence-electron chi connectivity index (χ1n) is 9.50. The number of nitriles is 1. The van der Waals surface area contributed by atoms with Gasteiger partial charge in [0.15, 0.2) is 0 Å². The number of amides is 2. The zero-order chi connectivity index (χ0) is 20.2. The van der Waals surface area contributed by atoms with Crippen LogP contribution in [0.25, 0.3) is 11.0 Å². The zero-order valence-corrected chi connectivity index (χ0v) is 15.8. The first-order valence-corrected chi connectivity index (χ1v) is 9.50. The lowest BCUT2D eigenvalue weighted by molar-refractivity contribution is -0.131. The minimum atomic E-state index is -0.267. The highest BCUT2D eigenvalue weighted by Crippen LogP contribution is 2.31. The van der Waals surface area contributed by atoms with Gasteiger partial charge in [-0.3, -0.25) is 19.9 Å². The van der Waals surface area contributed by atoms with Crippen molar-refractivity contribution in [1.82, 2.24) is 19.4 Å². The Balaban J connectivity index is 1.60. The maximum absolute atomic E-state index is 12.7. The van der Waals surface area contributed by atoms with Gasteiger partial charge in [-0.2, -0.15) is 5.26 Å². The number of piperidine rings is 1. The van der Waals surface area contributed by atoms with Gasteiger partial charge in [0.1, 0.15) is 6.42 Å². The SMILES string of the molecule is N#CCC(=O)N1CCC(n2c(NC(=O)c3cccnc3)nc3ccccc32)CC1. The average molecular weight is 388 g/mol. The number of fused-ring (bicyclic) bond motifs is 1. The van der Waals surface area contributed by atoms with Crippen LogP contribution in [0.4, 0.5) is 5.95 Å². The molecule has 1 fully saturated rings. The maximum atomic E-state index is 12.7. The maximum Gasteiger partial charge on any atom is 0.259 e. The minimum Gasteiger partial charge on any atom is -0.342 e. The number of imidazole rings is 1. The van der Waals surface area contributed by atoms with Crippen LogP contribution in [-0.2, 0) is 4.79 Å². The summed E-state index contributed by atoms with van der Waals surface area (Å²) in [6.45, 7) is 1.15. The highest BCUT2D eigenvalue weighted by Gasteiger charge is 2.27. The van der Waals surface area contributed by atoms with Gasteiger partial charge in [-0.15, -0.1) is 0 Å². The van der Waals surface area contributed by atoms with E-state index in [-0.39, 0.29) is 24.3 Å². The summed E-state index contributed by atoms with van der Waals surface area (Å²) in [6.07, 6.45) is 4.50. The highest BCUT2D eigenvalue weighted by molar-refractivity contribution is 6.03. The molecule has 2 amide bonds. The molecule has 1 saturated heterocycles. The molecule has 0 bridgehead atoms. The molecule has 0 radical (unpaired) electrons. The van der Waals surface area contributed by atoms with Crippen LogP contribution in [0.5, 0.6) is 0 Å². The van der Waals surface area contributed by atoms with E-state index in [0.717, 1.165) is 23.9 Å². The predicted molar refractivity (Wildman–Crippen MR) is 107 cm³/mol. The molecule has 3 heterocycles. The van der Waals surface area contributed by atoms with Gasteiger partial charge in [0.2, 0.25) is 11.9 Å². The van der Waals surface area contributed by atoms with Crippen molar-refractivity contribution >= 4 is 28.8 Å². The molecule has 29 heavy (non-hydrogen) atoms. The van der Waals surface area contributed by atoms with Gasteiger partial charge in [-0.1, -0.05) is 12.1 Å². The van der Waals surface area contributed by atoms with E-state index in [1.807, 2.05) is 30.3 Å². The highest BCUT2D eigenvalue weighted by atomic mass is 16.2. The number of anilines is 1. The van der Waals surface area contributed by atoms with Crippen LogP contribution in [0.2, 0.25) is 0 Å². The number of nitrogens with one attached hydrogen (secondary N) is 1. The number of carbonyl (C=O) groups is 2. The van der Waals surface area contributed by atoms with Gasteiger partial charge < -0.3 is 9.47 Å². The minimum absolute atomic E-state index is 0.0922. The van der Waals surface area contributed by atoms with Crippen LogP contribution in [0.1, 0.15) is 35.7 Å². The van der Waals surface area contributed by atoms with Crippen LogP contribution in [-0.4, -0.2) is 44.3 Å². The second-order valence-corrected chi connectivity index (χ2v) is 6.94. The van der Waals surface area contributed by atoms with Crippen molar-refractivity contribution in [2.45, 2.75) is 25.3 Å². The van der Waals surface area contributed by atoms with Crippen LogP contribution in [0.3, 0.4) is 0 Å². The van der Waals surface area contributed by atoms with Crippen molar-refractivity contribution in [3.8, 4) is 6.07 Å². The summed E-state index contributed by atoms with van der Waals surface area (Å²) in [5, 5.41) is 11.7. The number of para-hydroxylation sites is 2. The summed E-state index contributed by atoms with van der Waals surface area (Å²) in [6, 6.07) is 13.2. The number of pyridine rings is 1. The van der Waals surface area contributed by atoms with Gasteiger partial charge in [0.25, 0.3) is 5.91 Å². The number of hydrogen-bond acceptors (Lipinski definition) is 5. The van der Waals surface area contributed by atoms with E-state index >= 15 is 0 Å². The predicted octanol–water partition coefficient (Wildman–Crippen LogP) is 2.76. The second-order valence-electron chi connectivity index (χ2n) is 6.94. The first-order chi connectivity index (χ1) is 14.2. The molecular weight excluding hydrogens is 368 g/mol. The van der Waals surface area contributed by atoms with E-state index < -0.39 is 0 Å². The van der Waals surface area contributed by atoms with Gasteiger partial charge in [0, 0.05) is 31.5 Å². The van der Waals surface area contributed by atoms with E-state index in [9.17, 15) is 9.59 Å². The van der Waals surface area contributed by atoms with E-state index in [4.69, 9.17) is 5.26 Å². The van der Waals surface area contributed by atoms with Gasteiger partial charge in [0.05, 0.1) is 22.7 Å². The summed E-state index contributed by atoms with van der Waals surface area (Å²) in [5.74, 6) is 0.0877. The van der Waals surface area contributed by atoms with Crippen LogP contribution in [0.15, 0.2) is 48.8 Å². The summed E-state index contributed by atoms with van der Waals surface area (Å²) in [5.41, 5.74) is 2.20. The van der Waals surface area contributed by atoms with Gasteiger partial charge in [-0.25, -0.2) is 4.98 Å². The number of benzene rings is 1. The molecule has 8 heteroatoms. The molecule has 1 aromatic carbocycles. The number of hydrogen-bond donors (Lipinski definition) is 1. The molecule has 0 aliphatic carbocycles. The fourth-order valence-electron chi connectivity index (χ4n) is 3.73. The molecular formula is C21H20N6O2. The van der Waals surface area contributed by atoms with Crippen molar-refractivity contribution in [2.24, 2.45) is 0 Å². The number of rotatable bonds is 4. The lowest BCUT2D eigenvalue weighted by atomic mass is 10.0. The van der Waals surface area contributed by atoms with E-state index in [1.54, 1.807) is 23.2 Å². The quantitative estimate of drug-likeness (QED) is 0.740. The molecule has 4 rings (SSSR count). The third-order valence-corrected chi connectivity index (χ3v) is 5.16. The molecule has 2 aromatic heterocycles. The van der Waals surface area contributed by atoms with Crippen LogP contribution < -0.4 is 5.32 Å². The van der Waals surface area contributed by atoms with Crippen molar-refractivity contribution in [1.29, 1.82) is 5.26 Å². The molecule has 3 aromatic rings. The monoisotopic (exact) mass is 388 g/mol. The normalized spacial score (nSPS) is 14.5. The number of likely N-dealkylation sites (tertiary alicyclic amines) is 1. The molecule has 0 spiro atoms. The largest absolute Gasteiger partial charge is 0.342 e. The van der Waals surface area contributed by atoms with Crippen molar-refractivity contribution in [3.63, 3.8) is 0 Å². The molecule has 0 unspecified atom stereocenters. The lowest BCUT2D eigenvalue weighted by Gasteiger charge is -2.33. The Hall–Kier alpha value is -3.73. The summed E-state index contributed by atoms with van der Waals surface area (Å²) >= 11 is 0. The topological polar surface area (TPSA) is 104 Å². The molecule has 0 saturated carbocycles. The first kappa shape index (κ1) is 18.6. The molecule has 146 valence electrons.